The van der Waals surface area contributed by atoms with Gasteiger partial charge in [0.25, 0.3) is 0 Å². The zero-order valence-corrected chi connectivity index (χ0v) is 12.8. The first-order chi connectivity index (χ1) is 10.5. The molecule has 23 heavy (non-hydrogen) atoms. The standard InChI is InChI=1S/C16H18F6O/c1-3-5-6-10(4-2)14(23)12-9-11(15(17,18)19)7-8-13(12)16(20,21)22/h7-10H,3-6H2,1-2H3. The molecule has 0 radical (unpaired) electrons. The van der Waals surface area contributed by atoms with Crippen molar-refractivity contribution in [1.29, 1.82) is 0 Å². The molecule has 0 bridgehead atoms. The lowest BCUT2D eigenvalue weighted by molar-refractivity contribution is -0.141. The van der Waals surface area contributed by atoms with E-state index in [4.69, 9.17) is 0 Å². The molecule has 1 unspecified atom stereocenters. The monoisotopic (exact) mass is 340 g/mol. The van der Waals surface area contributed by atoms with Crippen molar-refractivity contribution < 1.29 is 31.1 Å². The Labute approximate surface area is 130 Å². The zero-order valence-electron chi connectivity index (χ0n) is 12.8. The molecule has 0 saturated heterocycles. The summed E-state index contributed by atoms with van der Waals surface area (Å²) in [5.41, 5.74) is -3.46. The fourth-order valence-electron chi connectivity index (χ4n) is 2.36. The van der Waals surface area contributed by atoms with Gasteiger partial charge in [-0.05, 0) is 31.0 Å². The van der Waals surface area contributed by atoms with E-state index in [1.165, 1.54) is 0 Å². The molecule has 1 aromatic rings. The fraction of sp³-hybridized carbons (Fsp3) is 0.562. The molecule has 0 amide bonds. The smallest absolute Gasteiger partial charge is 0.294 e. The molecule has 0 spiro atoms. The second-order valence-electron chi connectivity index (χ2n) is 5.37. The summed E-state index contributed by atoms with van der Waals surface area (Å²) in [4.78, 5) is 12.4. The fourth-order valence-corrected chi connectivity index (χ4v) is 2.36. The average Bonchev–Trinajstić information content (AvgIpc) is 2.45. The lowest BCUT2D eigenvalue weighted by Gasteiger charge is -2.19. The predicted molar refractivity (Wildman–Crippen MR) is 74.1 cm³/mol. The van der Waals surface area contributed by atoms with Gasteiger partial charge in [0.15, 0.2) is 5.78 Å². The van der Waals surface area contributed by atoms with Crippen molar-refractivity contribution in [2.75, 3.05) is 0 Å². The van der Waals surface area contributed by atoms with Crippen LogP contribution in [-0.4, -0.2) is 5.78 Å². The minimum Gasteiger partial charge on any atom is -0.294 e. The quantitative estimate of drug-likeness (QED) is 0.450. The third kappa shape index (κ3) is 4.97. The van der Waals surface area contributed by atoms with E-state index >= 15 is 0 Å². The Morgan fingerprint density at radius 3 is 2.09 bits per heavy atom. The van der Waals surface area contributed by atoms with Crippen LogP contribution in [0, 0.1) is 5.92 Å². The summed E-state index contributed by atoms with van der Waals surface area (Å²) in [6.45, 7) is 3.50. The van der Waals surface area contributed by atoms with Crippen LogP contribution < -0.4 is 0 Å². The largest absolute Gasteiger partial charge is 0.417 e. The van der Waals surface area contributed by atoms with Crippen molar-refractivity contribution in [2.24, 2.45) is 5.92 Å². The first-order valence-electron chi connectivity index (χ1n) is 7.35. The van der Waals surface area contributed by atoms with Crippen molar-refractivity contribution in [3.8, 4) is 0 Å². The number of benzene rings is 1. The number of carbonyl (C=O) groups excluding carboxylic acids is 1. The van der Waals surface area contributed by atoms with E-state index in [-0.39, 0.29) is 6.42 Å². The summed E-state index contributed by atoms with van der Waals surface area (Å²) in [6, 6.07) is 1.01. The molecular weight excluding hydrogens is 322 g/mol. The number of hydrogen-bond donors (Lipinski definition) is 0. The van der Waals surface area contributed by atoms with Crippen molar-refractivity contribution in [3.05, 3.63) is 34.9 Å². The first-order valence-corrected chi connectivity index (χ1v) is 7.35. The minimum atomic E-state index is -4.88. The summed E-state index contributed by atoms with van der Waals surface area (Å²) in [7, 11) is 0. The summed E-state index contributed by atoms with van der Waals surface area (Å²) in [5.74, 6) is -1.58. The van der Waals surface area contributed by atoms with Crippen molar-refractivity contribution in [2.45, 2.75) is 51.9 Å². The van der Waals surface area contributed by atoms with Gasteiger partial charge in [-0.25, -0.2) is 0 Å². The second-order valence-corrected chi connectivity index (χ2v) is 5.37. The SMILES string of the molecule is CCCCC(CC)C(=O)c1cc(C(F)(F)F)ccc1C(F)(F)F. The highest BCUT2D eigenvalue weighted by Crippen LogP contribution is 2.38. The van der Waals surface area contributed by atoms with Crippen molar-refractivity contribution in [3.63, 3.8) is 0 Å². The lowest BCUT2D eigenvalue weighted by Crippen LogP contribution is -2.21. The highest BCUT2D eigenvalue weighted by atomic mass is 19.4. The highest BCUT2D eigenvalue weighted by Gasteiger charge is 2.39. The predicted octanol–water partition coefficient (Wildman–Crippen LogP) is 6.12. The van der Waals surface area contributed by atoms with E-state index in [1.54, 1.807) is 6.92 Å². The van der Waals surface area contributed by atoms with Crippen molar-refractivity contribution in [1.82, 2.24) is 0 Å². The van der Waals surface area contributed by atoms with Gasteiger partial charge in [0.1, 0.15) is 0 Å². The van der Waals surface area contributed by atoms with Gasteiger partial charge in [0, 0.05) is 11.5 Å². The topological polar surface area (TPSA) is 17.1 Å². The molecule has 1 atom stereocenters. The molecule has 1 nitrogen and oxygen atoms in total. The van der Waals surface area contributed by atoms with Crippen LogP contribution in [0.15, 0.2) is 18.2 Å². The molecule has 7 heteroatoms. The molecule has 1 rings (SSSR count). The maximum Gasteiger partial charge on any atom is 0.417 e. The maximum atomic E-state index is 13.0. The van der Waals surface area contributed by atoms with Crippen LogP contribution >= 0.6 is 0 Å². The Morgan fingerprint density at radius 2 is 1.65 bits per heavy atom. The number of unbranched alkanes of at least 4 members (excludes halogenated alkanes) is 1. The Morgan fingerprint density at radius 1 is 1.04 bits per heavy atom. The van der Waals surface area contributed by atoms with Gasteiger partial charge in [-0.15, -0.1) is 0 Å². The van der Waals surface area contributed by atoms with Crippen LogP contribution in [0.3, 0.4) is 0 Å². The number of ketones is 1. The summed E-state index contributed by atoms with van der Waals surface area (Å²) < 4.78 is 77.3. The normalized spacial score (nSPS) is 13.9. The van der Waals surface area contributed by atoms with Gasteiger partial charge >= 0.3 is 12.4 Å². The van der Waals surface area contributed by atoms with E-state index in [9.17, 15) is 31.1 Å². The molecule has 0 aliphatic carbocycles. The van der Waals surface area contributed by atoms with Gasteiger partial charge in [0.05, 0.1) is 11.1 Å². The van der Waals surface area contributed by atoms with E-state index in [2.05, 4.69) is 0 Å². The lowest BCUT2D eigenvalue weighted by atomic mass is 9.87. The Hall–Kier alpha value is -1.53. The minimum absolute atomic E-state index is 0.284. The molecule has 0 saturated carbocycles. The third-order valence-corrected chi connectivity index (χ3v) is 3.69. The average molecular weight is 340 g/mol. The summed E-state index contributed by atoms with van der Waals surface area (Å²) in [5, 5.41) is 0. The van der Waals surface area contributed by atoms with Gasteiger partial charge in [-0.1, -0.05) is 26.7 Å². The Balaban J connectivity index is 3.36. The molecule has 0 aliphatic heterocycles. The van der Waals surface area contributed by atoms with Crippen molar-refractivity contribution >= 4 is 5.78 Å². The van der Waals surface area contributed by atoms with Gasteiger partial charge in [-0.3, -0.25) is 4.79 Å². The van der Waals surface area contributed by atoms with Gasteiger partial charge in [0.2, 0.25) is 0 Å². The molecule has 0 N–H and O–H groups in total. The van der Waals surface area contributed by atoms with Crippen LogP contribution in [0.5, 0.6) is 0 Å². The molecule has 0 aromatic heterocycles. The number of carbonyl (C=O) groups is 1. The Bertz CT molecular complexity index is 544. The molecule has 0 heterocycles. The van der Waals surface area contributed by atoms with Crippen LogP contribution in [0.2, 0.25) is 0 Å². The zero-order chi connectivity index (χ0) is 17.8. The molecule has 0 aliphatic rings. The summed E-state index contributed by atoms with van der Waals surface area (Å²) in [6.07, 6.45) is -7.66. The number of Topliss-reactive ketones (excluding diaryl/α,β-unsaturated/α-hetero) is 1. The first kappa shape index (κ1) is 19.5. The number of rotatable bonds is 6. The maximum absolute atomic E-state index is 13.0. The molecule has 0 fully saturated rings. The molecule has 130 valence electrons. The van der Waals surface area contributed by atoms with Crippen LogP contribution in [0.25, 0.3) is 0 Å². The van der Waals surface area contributed by atoms with E-state index < -0.39 is 40.7 Å². The Kier molecular flexibility index (Phi) is 6.25. The third-order valence-electron chi connectivity index (χ3n) is 3.69. The highest BCUT2D eigenvalue weighted by molar-refractivity contribution is 5.99. The van der Waals surface area contributed by atoms with E-state index in [0.29, 0.717) is 31.0 Å². The van der Waals surface area contributed by atoms with Gasteiger partial charge in [-0.2, -0.15) is 26.3 Å². The van der Waals surface area contributed by atoms with Gasteiger partial charge < -0.3 is 0 Å². The van der Waals surface area contributed by atoms with Crippen LogP contribution in [0.1, 0.15) is 61.0 Å². The summed E-state index contributed by atoms with van der Waals surface area (Å²) >= 11 is 0. The van der Waals surface area contributed by atoms with Crippen LogP contribution in [-0.2, 0) is 12.4 Å². The van der Waals surface area contributed by atoms with E-state index in [1.807, 2.05) is 6.92 Å². The molecule has 1 aromatic carbocycles. The molecular formula is C16H18F6O. The van der Waals surface area contributed by atoms with E-state index in [0.717, 1.165) is 6.42 Å². The second kappa shape index (κ2) is 7.36. The van der Waals surface area contributed by atoms with Crippen LogP contribution in [0.4, 0.5) is 26.3 Å². The number of hydrogen-bond acceptors (Lipinski definition) is 1. The number of alkyl halides is 6. The number of halogens is 6.